The highest BCUT2D eigenvalue weighted by Crippen LogP contribution is 2.30. The maximum Gasteiger partial charge on any atom is 0.416 e. The van der Waals surface area contributed by atoms with Gasteiger partial charge in [0.1, 0.15) is 12.4 Å². The molecule has 0 atom stereocenters. The lowest BCUT2D eigenvalue weighted by atomic mass is 10.1. The summed E-state index contributed by atoms with van der Waals surface area (Å²) in [7, 11) is 0. The van der Waals surface area contributed by atoms with E-state index in [0.29, 0.717) is 11.3 Å². The predicted octanol–water partition coefficient (Wildman–Crippen LogP) is 5.14. The minimum Gasteiger partial charge on any atom is -0.488 e. The molecule has 0 unspecified atom stereocenters. The number of benzene rings is 2. The predicted molar refractivity (Wildman–Crippen MR) is 82.3 cm³/mol. The van der Waals surface area contributed by atoms with Crippen molar-refractivity contribution < 1.29 is 17.9 Å². The van der Waals surface area contributed by atoms with E-state index in [1.165, 1.54) is 12.1 Å². The zero-order valence-corrected chi connectivity index (χ0v) is 12.4. The maximum atomic E-state index is 12.6. The van der Waals surface area contributed by atoms with Crippen LogP contribution in [0.2, 0.25) is 0 Å². The maximum absolute atomic E-state index is 12.6. The van der Waals surface area contributed by atoms with Crippen molar-refractivity contribution >= 4 is 10.9 Å². The van der Waals surface area contributed by atoms with Crippen LogP contribution in [0.1, 0.15) is 16.8 Å². The molecule has 0 saturated heterocycles. The van der Waals surface area contributed by atoms with Crippen molar-refractivity contribution in [3.8, 4) is 5.75 Å². The lowest BCUT2D eigenvalue weighted by Gasteiger charge is -2.11. The summed E-state index contributed by atoms with van der Waals surface area (Å²) in [5, 5.41) is 0.880. The second-order valence-electron chi connectivity index (χ2n) is 5.26. The van der Waals surface area contributed by atoms with Crippen molar-refractivity contribution in [3.05, 3.63) is 71.4 Å². The van der Waals surface area contributed by atoms with Crippen LogP contribution in [0, 0.1) is 6.92 Å². The van der Waals surface area contributed by atoms with E-state index in [4.69, 9.17) is 4.74 Å². The molecule has 0 fully saturated rings. The van der Waals surface area contributed by atoms with Crippen molar-refractivity contribution in [2.24, 2.45) is 0 Å². The third-order valence-electron chi connectivity index (χ3n) is 3.48. The monoisotopic (exact) mass is 317 g/mol. The summed E-state index contributed by atoms with van der Waals surface area (Å²) in [6, 6.07) is 14.4. The molecule has 0 spiro atoms. The summed E-state index contributed by atoms with van der Waals surface area (Å²) in [5.41, 5.74) is 1.67. The molecule has 0 aliphatic rings. The van der Waals surface area contributed by atoms with Gasteiger partial charge in [-0.3, -0.25) is 4.98 Å². The SMILES string of the molecule is Cc1cc(OCc2ccc(C(F)(F)F)cc2)c2ccccc2n1. The number of ether oxygens (including phenoxy) is 1. The number of halogens is 3. The zero-order valence-electron chi connectivity index (χ0n) is 12.4. The number of nitrogens with zero attached hydrogens (tertiary/aromatic N) is 1. The fraction of sp³-hybridized carbons (Fsp3) is 0.167. The number of pyridine rings is 1. The lowest BCUT2D eigenvalue weighted by molar-refractivity contribution is -0.137. The van der Waals surface area contributed by atoms with Gasteiger partial charge in [0.2, 0.25) is 0 Å². The first-order valence-electron chi connectivity index (χ1n) is 7.09. The summed E-state index contributed by atoms with van der Waals surface area (Å²) in [6.45, 7) is 2.07. The first-order valence-corrected chi connectivity index (χ1v) is 7.09. The quantitative estimate of drug-likeness (QED) is 0.667. The van der Waals surface area contributed by atoms with Crippen molar-refractivity contribution in [3.63, 3.8) is 0 Å². The Hall–Kier alpha value is -2.56. The van der Waals surface area contributed by atoms with Gasteiger partial charge in [0.15, 0.2) is 0 Å². The summed E-state index contributed by atoms with van der Waals surface area (Å²) in [6.07, 6.45) is -4.32. The van der Waals surface area contributed by atoms with Crippen LogP contribution in [0.3, 0.4) is 0 Å². The molecule has 1 aromatic heterocycles. The fourth-order valence-electron chi connectivity index (χ4n) is 2.34. The molecule has 0 amide bonds. The zero-order chi connectivity index (χ0) is 16.4. The number of hydrogen-bond donors (Lipinski definition) is 0. The van der Waals surface area contributed by atoms with E-state index in [-0.39, 0.29) is 6.61 Å². The van der Waals surface area contributed by atoms with E-state index in [9.17, 15) is 13.2 Å². The Morgan fingerprint density at radius 1 is 1.00 bits per heavy atom. The molecule has 2 nitrogen and oxygen atoms in total. The van der Waals surface area contributed by atoms with Crippen LogP contribution in [0.5, 0.6) is 5.75 Å². The van der Waals surface area contributed by atoms with Crippen LogP contribution in [0.15, 0.2) is 54.6 Å². The molecule has 0 aliphatic heterocycles. The van der Waals surface area contributed by atoms with Gasteiger partial charge in [0.05, 0.1) is 11.1 Å². The molecule has 118 valence electrons. The third-order valence-corrected chi connectivity index (χ3v) is 3.48. The Balaban J connectivity index is 1.81. The van der Waals surface area contributed by atoms with E-state index in [0.717, 1.165) is 28.7 Å². The Morgan fingerprint density at radius 2 is 1.70 bits per heavy atom. The van der Waals surface area contributed by atoms with Crippen molar-refractivity contribution in [1.82, 2.24) is 4.98 Å². The van der Waals surface area contributed by atoms with E-state index in [1.807, 2.05) is 37.3 Å². The van der Waals surface area contributed by atoms with Gasteiger partial charge in [-0.25, -0.2) is 0 Å². The summed E-state index contributed by atoms with van der Waals surface area (Å²) in [4.78, 5) is 4.42. The minimum absolute atomic E-state index is 0.200. The van der Waals surface area contributed by atoms with E-state index < -0.39 is 11.7 Å². The largest absolute Gasteiger partial charge is 0.488 e. The molecule has 2 aromatic carbocycles. The molecule has 0 radical (unpaired) electrons. The summed E-state index contributed by atoms with van der Waals surface area (Å²) >= 11 is 0. The van der Waals surface area contributed by atoms with Gasteiger partial charge in [-0.05, 0) is 36.8 Å². The number of hydrogen-bond acceptors (Lipinski definition) is 2. The molecule has 3 rings (SSSR count). The second kappa shape index (κ2) is 5.91. The Kier molecular flexibility index (Phi) is 3.94. The highest BCUT2D eigenvalue weighted by atomic mass is 19.4. The summed E-state index contributed by atoms with van der Waals surface area (Å²) < 4.78 is 43.4. The van der Waals surface area contributed by atoms with E-state index >= 15 is 0 Å². The number of aromatic nitrogens is 1. The molecule has 5 heteroatoms. The van der Waals surface area contributed by atoms with Gasteiger partial charge in [0, 0.05) is 17.1 Å². The number of aryl methyl sites for hydroxylation is 1. The average molecular weight is 317 g/mol. The number of rotatable bonds is 3. The molecule has 0 saturated carbocycles. The van der Waals surface area contributed by atoms with Crippen LogP contribution in [-0.2, 0) is 12.8 Å². The number of para-hydroxylation sites is 1. The van der Waals surface area contributed by atoms with Gasteiger partial charge >= 0.3 is 6.18 Å². The van der Waals surface area contributed by atoms with Crippen LogP contribution < -0.4 is 4.74 Å². The lowest BCUT2D eigenvalue weighted by Crippen LogP contribution is -2.05. The Bertz CT molecular complexity index is 826. The molecule has 0 aliphatic carbocycles. The Morgan fingerprint density at radius 3 is 2.39 bits per heavy atom. The third kappa shape index (κ3) is 3.44. The standard InChI is InChI=1S/C18H14F3NO/c1-12-10-17(15-4-2-3-5-16(15)22-12)23-11-13-6-8-14(9-7-13)18(19,20)21/h2-10H,11H2,1H3. The van der Waals surface area contributed by atoms with Crippen molar-refractivity contribution in [2.75, 3.05) is 0 Å². The van der Waals surface area contributed by atoms with Crippen molar-refractivity contribution in [2.45, 2.75) is 19.7 Å². The number of alkyl halides is 3. The molecule has 0 bridgehead atoms. The summed E-state index contributed by atoms with van der Waals surface area (Å²) in [5.74, 6) is 0.674. The van der Waals surface area contributed by atoms with Crippen LogP contribution >= 0.6 is 0 Å². The van der Waals surface area contributed by atoms with Gasteiger partial charge < -0.3 is 4.74 Å². The molecule has 3 aromatic rings. The molecular weight excluding hydrogens is 303 g/mol. The van der Waals surface area contributed by atoms with Gasteiger partial charge in [0.25, 0.3) is 0 Å². The molecule has 1 heterocycles. The van der Waals surface area contributed by atoms with E-state index in [2.05, 4.69) is 4.98 Å². The first-order chi connectivity index (χ1) is 10.9. The van der Waals surface area contributed by atoms with Crippen molar-refractivity contribution in [1.29, 1.82) is 0 Å². The first kappa shape index (κ1) is 15.3. The van der Waals surface area contributed by atoms with Crippen LogP contribution in [-0.4, -0.2) is 4.98 Å². The number of fused-ring (bicyclic) bond motifs is 1. The smallest absolute Gasteiger partial charge is 0.416 e. The van der Waals surface area contributed by atoms with Crippen LogP contribution in [0.4, 0.5) is 13.2 Å². The molecular formula is C18H14F3NO. The molecule has 0 N–H and O–H groups in total. The highest BCUT2D eigenvalue weighted by molar-refractivity contribution is 5.85. The van der Waals surface area contributed by atoms with Gasteiger partial charge in [-0.1, -0.05) is 24.3 Å². The molecule has 23 heavy (non-hydrogen) atoms. The van der Waals surface area contributed by atoms with E-state index in [1.54, 1.807) is 0 Å². The average Bonchev–Trinajstić information content (AvgIpc) is 2.52. The topological polar surface area (TPSA) is 22.1 Å². The normalized spacial score (nSPS) is 11.7. The van der Waals surface area contributed by atoms with Gasteiger partial charge in [-0.2, -0.15) is 13.2 Å². The van der Waals surface area contributed by atoms with Crippen LogP contribution in [0.25, 0.3) is 10.9 Å². The fourth-order valence-corrected chi connectivity index (χ4v) is 2.34. The highest BCUT2D eigenvalue weighted by Gasteiger charge is 2.29. The second-order valence-corrected chi connectivity index (χ2v) is 5.26. The Labute approximate surface area is 131 Å². The minimum atomic E-state index is -4.32. The van der Waals surface area contributed by atoms with Gasteiger partial charge in [-0.15, -0.1) is 0 Å².